The summed E-state index contributed by atoms with van der Waals surface area (Å²) in [6.07, 6.45) is 2.62. The zero-order chi connectivity index (χ0) is 14.3. The van der Waals surface area contributed by atoms with Crippen LogP contribution >= 0.6 is 0 Å². The van der Waals surface area contributed by atoms with Crippen LogP contribution in [0.25, 0.3) is 11.0 Å². The lowest BCUT2D eigenvalue weighted by atomic mass is 10.1. The van der Waals surface area contributed by atoms with Crippen LogP contribution in [-0.2, 0) is 0 Å². The number of nitrogens with zero attached hydrogens (tertiary/aromatic N) is 2. The van der Waals surface area contributed by atoms with Crippen LogP contribution in [0.4, 0.5) is 0 Å². The average molecular weight is 270 g/mol. The smallest absolute Gasteiger partial charge is 0.153 e. The van der Waals surface area contributed by atoms with Crippen molar-refractivity contribution in [2.45, 2.75) is 32.9 Å². The van der Waals surface area contributed by atoms with E-state index in [1.165, 1.54) is 5.56 Å². The van der Waals surface area contributed by atoms with Crippen molar-refractivity contribution in [1.82, 2.24) is 9.55 Å². The summed E-state index contributed by atoms with van der Waals surface area (Å²) >= 11 is 0. The Morgan fingerprint density at radius 3 is 2.80 bits per heavy atom. The summed E-state index contributed by atoms with van der Waals surface area (Å²) in [5.41, 5.74) is 2.71. The molecule has 1 unspecified atom stereocenters. The van der Waals surface area contributed by atoms with Crippen molar-refractivity contribution in [1.29, 1.82) is 0 Å². The third-order valence-corrected chi connectivity index (χ3v) is 3.49. The first kappa shape index (κ1) is 12.9. The van der Waals surface area contributed by atoms with Crippen molar-refractivity contribution in [3.05, 3.63) is 53.8 Å². The fourth-order valence-corrected chi connectivity index (χ4v) is 2.42. The Labute approximate surface area is 117 Å². The monoisotopic (exact) mass is 270 g/mol. The molecule has 1 N–H and O–H groups in total. The molecule has 0 aliphatic heterocycles. The second-order valence-electron chi connectivity index (χ2n) is 5.41. The zero-order valence-electron chi connectivity index (χ0n) is 11.9. The van der Waals surface area contributed by atoms with Crippen LogP contribution in [0.1, 0.15) is 43.0 Å². The van der Waals surface area contributed by atoms with Gasteiger partial charge in [-0.15, -0.1) is 0 Å². The van der Waals surface area contributed by atoms with Crippen LogP contribution in [0, 0.1) is 6.92 Å². The largest absolute Gasteiger partial charge is 0.458 e. The van der Waals surface area contributed by atoms with E-state index < -0.39 is 6.10 Å². The highest BCUT2D eigenvalue weighted by Gasteiger charge is 2.20. The van der Waals surface area contributed by atoms with E-state index in [9.17, 15) is 5.11 Å². The lowest BCUT2D eigenvalue weighted by Crippen LogP contribution is -2.09. The number of hydrogen-bond donors (Lipinski definition) is 1. The topological polar surface area (TPSA) is 51.2 Å². The van der Waals surface area contributed by atoms with Gasteiger partial charge in [-0.1, -0.05) is 11.6 Å². The summed E-state index contributed by atoms with van der Waals surface area (Å²) in [5.74, 6) is 0.549. The van der Waals surface area contributed by atoms with Crippen LogP contribution in [0.2, 0.25) is 0 Å². The van der Waals surface area contributed by atoms with E-state index >= 15 is 0 Å². The Kier molecular flexibility index (Phi) is 3.10. The number of aliphatic hydroxyl groups is 1. The Bertz CT molecular complexity index is 740. The van der Waals surface area contributed by atoms with E-state index in [1.807, 2.05) is 29.7 Å². The van der Waals surface area contributed by atoms with Crippen LogP contribution < -0.4 is 0 Å². The van der Waals surface area contributed by atoms with Gasteiger partial charge in [0, 0.05) is 11.4 Å². The van der Waals surface area contributed by atoms with Gasteiger partial charge in [-0.25, -0.2) is 4.98 Å². The van der Waals surface area contributed by atoms with E-state index in [2.05, 4.69) is 24.9 Å². The summed E-state index contributed by atoms with van der Waals surface area (Å²) in [4.78, 5) is 4.12. The normalized spacial score (nSPS) is 13.2. The lowest BCUT2D eigenvalue weighted by Gasteiger charge is -2.14. The Balaban J connectivity index is 2.03. The van der Waals surface area contributed by atoms with Gasteiger partial charge in [0.05, 0.1) is 18.2 Å². The maximum absolute atomic E-state index is 10.5. The minimum Gasteiger partial charge on any atom is -0.458 e. The van der Waals surface area contributed by atoms with E-state index in [0.717, 1.165) is 16.7 Å². The van der Waals surface area contributed by atoms with Gasteiger partial charge in [-0.3, -0.25) is 0 Å². The number of furan rings is 1. The molecule has 0 spiro atoms. The number of imidazole rings is 1. The molecule has 4 heteroatoms. The van der Waals surface area contributed by atoms with Crippen molar-refractivity contribution in [2.75, 3.05) is 0 Å². The number of benzene rings is 1. The van der Waals surface area contributed by atoms with Crippen LogP contribution in [0.15, 0.2) is 41.2 Å². The minimum atomic E-state index is -0.799. The van der Waals surface area contributed by atoms with Crippen LogP contribution in [0.3, 0.4) is 0 Å². The predicted octanol–water partition coefficient (Wildman–Crippen LogP) is 3.60. The van der Waals surface area contributed by atoms with Gasteiger partial charge in [0.2, 0.25) is 0 Å². The molecular weight excluding hydrogens is 252 g/mol. The van der Waals surface area contributed by atoms with Gasteiger partial charge in [-0.05, 0) is 39.0 Å². The molecule has 1 atom stereocenters. The van der Waals surface area contributed by atoms with Gasteiger partial charge < -0.3 is 14.1 Å². The molecule has 20 heavy (non-hydrogen) atoms. The van der Waals surface area contributed by atoms with E-state index in [0.29, 0.717) is 5.76 Å². The minimum absolute atomic E-state index is 0.244. The van der Waals surface area contributed by atoms with Crippen molar-refractivity contribution < 1.29 is 9.52 Å². The Morgan fingerprint density at radius 1 is 1.25 bits per heavy atom. The first-order chi connectivity index (χ1) is 9.56. The predicted molar refractivity (Wildman–Crippen MR) is 77.6 cm³/mol. The molecule has 0 saturated heterocycles. The van der Waals surface area contributed by atoms with Crippen LogP contribution in [0.5, 0.6) is 0 Å². The molecule has 0 aliphatic carbocycles. The van der Waals surface area contributed by atoms with E-state index in [1.54, 1.807) is 12.5 Å². The molecule has 2 heterocycles. The molecule has 2 aromatic heterocycles. The van der Waals surface area contributed by atoms with Crippen molar-refractivity contribution in [3.63, 3.8) is 0 Å². The Hall–Kier alpha value is -2.07. The number of fused-ring (bicyclic) bond motifs is 1. The molecular formula is C16H18N2O2. The number of aromatic nitrogens is 2. The lowest BCUT2D eigenvalue weighted by molar-refractivity contribution is 0.181. The van der Waals surface area contributed by atoms with Gasteiger partial charge in [-0.2, -0.15) is 0 Å². The summed E-state index contributed by atoms with van der Waals surface area (Å²) in [5, 5.41) is 11.5. The second kappa shape index (κ2) is 4.80. The van der Waals surface area contributed by atoms with Crippen molar-refractivity contribution in [2.24, 2.45) is 0 Å². The Morgan fingerprint density at radius 2 is 2.05 bits per heavy atom. The highest BCUT2D eigenvalue weighted by molar-refractivity contribution is 5.78. The van der Waals surface area contributed by atoms with E-state index in [4.69, 9.17) is 4.42 Å². The number of aryl methyl sites for hydroxylation is 1. The van der Waals surface area contributed by atoms with Crippen molar-refractivity contribution in [3.8, 4) is 0 Å². The highest BCUT2D eigenvalue weighted by atomic mass is 16.4. The maximum Gasteiger partial charge on any atom is 0.153 e. The summed E-state index contributed by atoms with van der Waals surface area (Å²) in [7, 11) is 0. The molecule has 0 fully saturated rings. The standard InChI is InChI=1S/C16H18N2O2/c1-10(2)18-9-17-8-13(18)16(19)15-7-12-6-11(3)4-5-14(12)20-15/h4-10,16,19H,1-3H3. The summed E-state index contributed by atoms with van der Waals surface area (Å²) in [6.45, 7) is 6.15. The number of hydrogen-bond acceptors (Lipinski definition) is 3. The fraction of sp³-hybridized carbons (Fsp3) is 0.312. The molecule has 0 aliphatic rings. The molecule has 104 valence electrons. The van der Waals surface area contributed by atoms with Gasteiger partial charge in [0.1, 0.15) is 11.3 Å². The highest BCUT2D eigenvalue weighted by Crippen LogP contribution is 2.29. The molecule has 4 nitrogen and oxygen atoms in total. The van der Waals surface area contributed by atoms with Gasteiger partial charge in [0.25, 0.3) is 0 Å². The molecule has 3 rings (SSSR count). The summed E-state index contributed by atoms with van der Waals surface area (Å²) < 4.78 is 7.70. The summed E-state index contributed by atoms with van der Waals surface area (Å²) in [6, 6.07) is 8.12. The molecule has 1 aromatic carbocycles. The third kappa shape index (κ3) is 2.12. The molecule has 3 aromatic rings. The first-order valence-electron chi connectivity index (χ1n) is 6.76. The van der Waals surface area contributed by atoms with E-state index in [-0.39, 0.29) is 6.04 Å². The average Bonchev–Trinajstić information content (AvgIpc) is 3.03. The molecule has 0 amide bonds. The fourth-order valence-electron chi connectivity index (χ4n) is 2.42. The quantitative estimate of drug-likeness (QED) is 0.791. The van der Waals surface area contributed by atoms with Gasteiger partial charge >= 0.3 is 0 Å². The first-order valence-corrected chi connectivity index (χ1v) is 6.76. The second-order valence-corrected chi connectivity index (χ2v) is 5.41. The maximum atomic E-state index is 10.5. The zero-order valence-corrected chi connectivity index (χ0v) is 11.9. The number of rotatable bonds is 3. The molecule has 0 saturated carbocycles. The number of aliphatic hydroxyl groups excluding tert-OH is 1. The van der Waals surface area contributed by atoms with Gasteiger partial charge in [0.15, 0.2) is 6.10 Å². The SMILES string of the molecule is Cc1ccc2oc(C(O)c3cncn3C(C)C)cc2c1. The third-order valence-electron chi connectivity index (χ3n) is 3.49. The van der Waals surface area contributed by atoms with Crippen molar-refractivity contribution >= 4 is 11.0 Å². The molecule has 0 bridgehead atoms. The molecule has 0 radical (unpaired) electrons. The van der Waals surface area contributed by atoms with Crippen LogP contribution in [-0.4, -0.2) is 14.7 Å².